The zero-order chi connectivity index (χ0) is 14.5. The van der Waals surface area contributed by atoms with Gasteiger partial charge in [0.15, 0.2) is 0 Å². The minimum absolute atomic E-state index is 0.0112. The van der Waals surface area contributed by atoms with Crippen molar-refractivity contribution in [2.75, 3.05) is 38.7 Å². The summed E-state index contributed by atoms with van der Waals surface area (Å²) < 4.78 is 0. The molecule has 1 aromatic carbocycles. The normalized spacial score (nSPS) is 15.3. The smallest absolute Gasteiger partial charge is 0.255 e. The molecule has 1 amide bonds. The molecule has 1 heterocycles. The topological polar surface area (TPSA) is 61.6 Å². The van der Waals surface area contributed by atoms with E-state index in [1.807, 2.05) is 32.2 Å². The summed E-state index contributed by atoms with van der Waals surface area (Å²) in [5, 5.41) is 0. The molecule has 1 aromatic rings. The van der Waals surface area contributed by atoms with E-state index in [4.69, 9.17) is 5.84 Å². The second-order valence-corrected chi connectivity index (χ2v) is 5.47. The summed E-state index contributed by atoms with van der Waals surface area (Å²) >= 11 is 0. The third-order valence-corrected chi connectivity index (χ3v) is 3.86. The van der Waals surface area contributed by atoms with E-state index in [9.17, 15) is 4.79 Å². The molecule has 1 aliphatic heterocycles. The first kappa shape index (κ1) is 14.8. The van der Waals surface area contributed by atoms with Crippen LogP contribution in [-0.4, -0.2) is 48.9 Å². The van der Waals surface area contributed by atoms with Crippen LogP contribution in [0.2, 0.25) is 0 Å². The number of carbonyl (C=O) groups excluding carboxylic acids is 1. The van der Waals surface area contributed by atoms with E-state index in [-0.39, 0.29) is 5.91 Å². The monoisotopic (exact) mass is 276 g/mol. The Balaban J connectivity index is 1.98. The van der Waals surface area contributed by atoms with Gasteiger partial charge in [-0.2, -0.15) is 0 Å². The van der Waals surface area contributed by atoms with E-state index in [1.54, 1.807) is 4.90 Å². The summed E-state index contributed by atoms with van der Waals surface area (Å²) in [5.41, 5.74) is 5.00. The van der Waals surface area contributed by atoms with Crippen LogP contribution in [0.4, 0.5) is 5.69 Å². The number of hydrogen-bond donors (Lipinski definition) is 2. The number of nitrogens with one attached hydrogen (secondary N) is 1. The average molecular weight is 276 g/mol. The first-order valence-electron chi connectivity index (χ1n) is 7.17. The number of carbonyl (C=O) groups is 1. The Morgan fingerprint density at radius 3 is 2.75 bits per heavy atom. The molecular weight excluding hydrogens is 252 g/mol. The number of likely N-dealkylation sites (N-methyl/N-ethyl adjacent to an activating group) is 1. The molecule has 1 aliphatic rings. The van der Waals surface area contributed by atoms with Crippen molar-refractivity contribution >= 4 is 11.6 Å². The first-order valence-corrected chi connectivity index (χ1v) is 7.17. The highest BCUT2D eigenvalue weighted by Crippen LogP contribution is 2.18. The molecule has 2 rings (SSSR count). The molecule has 5 nitrogen and oxygen atoms in total. The number of hydrazine groups is 1. The van der Waals surface area contributed by atoms with Crippen molar-refractivity contribution in [3.63, 3.8) is 0 Å². The lowest BCUT2D eigenvalue weighted by atomic mass is 10.1. The Bertz CT molecular complexity index is 469. The van der Waals surface area contributed by atoms with Gasteiger partial charge in [0.25, 0.3) is 5.91 Å². The van der Waals surface area contributed by atoms with Gasteiger partial charge in [0.1, 0.15) is 0 Å². The Labute approximate surface area is 120 Å². The van der Waals surface area contributed by atoms with Crippen molar-refractivity contribution in [1.29, 1.82) is 0 Å². The number of aryl methyl sites for hydroxylation is 1. The molecule has 0 atom stereocenters. The Kier molecular flexibility index (Phi) is 4.98. The number of likely N-dealkylation sites (tertiary alicyclic amines) is 1. The summed E-state index contributed by atoms with van der Waals surface area (Å²) in [6.07, 6.45) is 2.55. The highest BCUT2D eigenvalue weighted by atomic mass is 16.2. The molecule has 0 saturated carbocycles. The van der Waals surface area contributed by atoms with Crippen LogP contribution in [0.3, 0.4) is 0 Å². The van der Waals surface area contributed by atoms with Crippen LogP contribution in [0.15, 0.2) is 18.2 Å². The molecule has 20 heavy (non-hydrogen) atoms. The van der Waals surface area contributed by atoms with Gasteiger partial charge in [-0.05, 0) is 50.6 Å². The molecule has 110 valence electrons. The van der Waals surface area contributed by atoms with Crippen molar-refractivity contribution in [3.8, 4) is 0 Å². The zero-order valence-corrected chi connectivity index (χ0v) is 12.4. The van der Waals surface area contributed by atoms with Crippen LogP contribution in [0.5, 0.6) is 0 Å². The van der Waals surface area contributed by atoms with Crippen LogP contribution in [0.1, 0.15) is 28.8 Å². The Morgan fingerprint density at radius 1 is 1.40 bits per heavy atom. The van der Waals surface area contributed by atoms with Crippen molar-refractivity contribution < 1.29 is 4.79 Å². The summed E-state index contributed by atoms with van der Waals surface area (Å²) in [7, 11) is 1.85. The summed E-state index contributed by atoms with van der Waals surface area (Å²) in [5.74, 6) is 5.51. The van der Waals surface area contributed by atoms with Gasteiger partial charge in [-0.1, -0.05) is 6.07 Å². The molecule has 0 unspecified atom stereocenters. The average Bonchev–Trinajstić information content (AvgIpc) is 2.97. The minimum Gasteiger partial charge on any atom is -0.340 e. The highest BCUT2D eigenvalue weighted by Gasteiger charge is 2.17. The number of benzene rings is 1. The molecule has 3 N–H and O–H groups in total. The first-order chi connectivity index (χ1) is 9.61. The Morgan fingerprint density at radius 2 is 2.10 bits per heavy atom. The SMILES string of the molecule is Cc1ccc(C(=O)N(C)CCN2CCCC2)c(NN)c1. The Hall–Kier alpha value is -1.59. The number of hydrogen-bond acceptors (Lipinski definition) is 4. The summed E-state index contributed by atoms with van der Waals surface area (Å²) in [6, 6.07) is 5.66. The fourth-order valence-electron chi connectivity index (χ4n) is 2.57. The maximum Gasteiger partial charge on any atom is 0.255 e. The number of nitrogens with two attached hydrogens (primary N) is 1. The van der Waals surface area contributed by atoms with Crippen LogP contribution in [0.25, 0.3) is 0 Å². The number of rotatable bonds is 5. The van der Waals surface area contributed by atoms with Gasteiger partial charge in [-0.15, -0.1) is 0 Å². The fourth-order valence-corrected chi connectivity index (χ4v) is 2.57. The summed E-state index contributed by atoms with van der Waals surface area (Å²) in [4.78, 5) is 16.6. The lowest BCUT2D eigenvalue weighted by molar-refractivity contribution is 0.0783. The second kappa shape index (κ2) is 6.72. The van der Waals surface area contributed by atoms with E-state index >= 15 is 0 Å². The van der Waals surface area contributed by atoms with Crippen molar-refractivity contribution in [3.05, 3.63) is 29.3 Å². The van der Waals surface area contributed by atoms with Crippen molar-refractivity contribution in [1.82, 2.24) is 9.80 Å². The largest absolute Gasteiger partial charge is 0.340 e. The van der Waals surface area contributed by atoms with Crippen LogP contribution < -0.4 is 11.3 Å². The van der Waals surface area contributed by atoms with Gasteiger partial charge in [-0.25, -0.2) is 0 Å². The van der Waals surface area contributed by atoms with E-state index in [0.29, 0.717) is 11.3 Å². The predicted octanol–water partition coefficient (Wildman–Crippen LogP) is 1.45. The zero-order valence-electron chi connectivity index (χ0n) is 12.4. The molecule has 0 aliphatic carbocycles. The van der Waals surface area contributed by atoms with Crippen LogP contribution in [0, 0.1) is 6.92 Å². The third kappa shape index (κ3) is 3.49. The fraction of sp³-hybridized carbons (Fsp3) is 0.533. The van der Waals surface area contributed by atoms with E-state index < -0.39 is 0 Å². The van der Waals surface area contributed by atoms with Gasteiger partial charge in [-0.3, -0.25) is 10.6 Å². The molecule has 0 bridgehead atoms. The van der Waals surface area contributed by atoms with Crippen molar-refractivity contribution in [2.24, 2.45) is 5.84 Å². The van der Waals surface area contributed by atoms with Gasteiger partial charge in [0, 0.05) is 20.1 Å². The molecule has 0 aromatic heterocycles. The standard InChI is InChI=1S/C15H24N4O/c1-12-5-6-13(14(11-12)17-16)15(20)18(2)9-10-19-7-3-4-8-19/h5-6,11,17H,3-4,7-10,16H2,1-2H3. The third-order valence-electron chi connectivity index (χ3n) is 3.86. The lowest BCUT2D eigenvalue weighted by Gasteiger charge is -2.22. The van der Waals surface area contributed by atoms with Gasteiger partial charge in [0.05, 0.1) is 11.3 Å². The lowest BCUT2D eigenvalue weighted by Crippen LogP contribution is -2.35. The number of nitrogens with zero attached hydrogens (tertiary/aromatic N) is 2. The van der Waals surface area contributed by atoms with Crippen LogP contribution in [-0.2, 0) is 0 Å². The van der Waals surface area contributed by atoms with Crippen molar-refractivity contribution in [2.45, 2.75) is 19.8 Å². The molecule has 1 fully saturated rings. The predicted molar refractivity (Wildman–Crippen MR) is 81.6 cm³/mol. The van der Waals surface area contributed by atoms with Gasteiger partial charge < -0.3 is 15.2 Å². The molecule has 0 radical (unpaired) electrons. The van der Waals surface area contributed by atoms with Gasteiger partial charge >= 0.3 is 0 Å². The maximum absolute atomic E-state index is 12.5. The molecule has 5 heteroatoms. The summed E-state index contributed by atoms with van der Waals surface area (Å²) in [6.45, 7) is 5.98. The minimum atomic E-state index is 0.0112. The van der Waals surface area contributed by atoms with E-state index in [2.05, 4.69) is 10.3 Å². The van der Waals surface area contributed by atoms with E-state index in [0.717, 1.165) is 31.7 Å². The molecular formula is C15H24N4O. The second-order valence-electron chi connectivity index (χ2n) is 5.47. The van der Waals surface area contributed by atoms with Gasteiger partial charge in [0.2, 0.25) is 0 Å². The van der Waals surface area contributed by atoms with Crippen LogP contribution >= 0.6 is 0 Å². The highest BCUT2D eigenvalue weighted by molar-refractivity contribution is 5.99. The molecule has 1 saturated heterocycles. The van der Waals surface area contributed by atoms with E-state index in [1.165, 1.54) is 12.8 Å². The number of amides is 1. The number of anilines is 1. The number of nitrogen functional groups attached to an aromatic ring is 1. The molecule has 0 spiro atoms. The quantitative estimate of drug-likeness (QED) is 0.631. The maximum atomic E-state index is 12.5.